The van der Waals surface area contributed by atoms with Gasteiger partial charge in [0.25, 0.3) is 0 Å². The van der Waals surface area contributed by atoms with Crippen molar-refractivity contribution in [3.05, 3.63) is 30.1 Å². The third kappa shape index (κ3) is 4.69. The van der Waals surface area contributed by atoms with Crippen molar-refractivity contribution in [2.75, 3.05) is 38.3 Å². The number of alkyl halides is 3. The van der Waals surface area contributed by atoms with Crippen LogP contribution in [0.5, 0.6) is 0 Å². The standard InChI is InChI=1S/C20H23F3N6O3/c1-19(27-18(30)31-2)5-3-13(4-6-19)15-14-11-24-29(12-20(21,22)23)16(14)26-17(25-15)28-7-9-32-10-8-28/h3-5,11H,6-10,12H2,1-2H3,(H,27,30). The van der Waals surface area contributed by atoms with E-state index >= 15 is 0 Å². The Balaban J connectivity index is 1.74. The van der Waals surface area contributed by atoms with Crippen molar-refractivity contribution in [1.29, 1.82) is 0 Å². The maximum absolute atomic E-state index is 13.1. The molecule has 4 rings (SSSR count). The second-order valence-electron chi connectivity index (χ2n) is 7.86. The average molecular weight is 452 g/mol. The number of hydrogen-bond donors (Lipinski definition) is 1. The summed E-state index contributed by atoms with van der Waals surface area (Å²) in [6, 6.07) is 0. The number of alkyl carbamates (subject to hydrolysis) is 1. The van der Waals surface area contributed by atoms with Gasteiger partial charge in [-0.05, 0) is 18.9 Å². The summed E-state index contributed by atoms with van der Waals surface area (Å²) in [6.07, 6.45) is 2.28. The zero-order valence-corrected chi connectivity index (χ0v) is 17.6. The van der Waals surface area contributed by atoms with Gasteiger partial charge in [0.1, 0.15) is 6.54 Å². The first-order valence-electron chi connectivity index (χ1n) is 10.1. The predicted octanol–water partition coefficient (Wildman–Crippen LogP) is 2.68. The molecule has 1 aliphatic heterocycles. The van der Waals surface area contributed by atoms with E-state index in [1.807, 2.05) is 24.0 Å². The number of anilines is 1. The molecule has 0 spiro atoms. The highest BCUT2D eigenvalue weighted by molar-refractivity contribution is 5.92. The van der Waals surface area contributed by atoms with Gasteiger partial charge in [0.2, 0.25) is 5.95 Å². The number of allylic oxidation sites excluding steroid dienone is 2. The van der Waals surface area contributed by atoms with Gasteiger partial charge in [0.05, 0.1) is 43.1 Å². The molecule has 2 aromatic heterocycles. The lowest BCUT2D eigenvalue weighted by molar-refractivity contribution is -0.141. The van der Waals surface area contributed by atoms with E-state index in [4.69, 9.17) is 4.74 Å². The van der Waals surface area contributed by atoms with Crippen LogP contribution < -0.4 is 10.2 Å². The van der Waals surface area contributed by atoms with Gasteiger partial charge in [-0.15, -0.1) is 0 Å². The molecule has 2 aliphatic rings. The molecule has 0 radical (unpaired) electrons. The third-order valence-corrected chi connectivity index (χ3v) is 5.33. The second kappa shape index (κ2) is 8.41. The Morgan fingerprint density at radius 2 is 2.06 bits per heavy atom. The van der Waals surface area contributed by atoms with Gasteiger partial charge in [-0.3, -0.25) is 0 Å². The van der Waals surface area contributed by atoms with Crippen molar-refractivity contribution < 1.29 is 27.4 Å². The summed E-state index contributed by atoms with van der Waals surface area (Å²) in [5, 5.41) is 7.11. The number of nitrogens with one attached hydrogen (secondary N) is 1. The van der Waals surface area contributed by atoms with Gasteiger partial charge >= 0.3 is 12.3 Å². The number of rotatable bonds is 4. The Bertz CT molecular complexity index is 1070. The smallest absolute Gasteiger partial charge is 0.408 e. The molecule has 32 heavy (non-hydrogen) atoms. The Hall–Kier alpha value is -3.15. The van der Waals surface area contributed by atoms with Gasteiger partial charge in [0.15, 0.2) is 5.65 Å². The molecule has 1 unspecified atom stereocenters. The summed E-state index contributed by atoms with van der Waals surface area (Å²) < 4.78 is 50.1. The highest BCUT2D eigenvalue weighted by Crippen LogP contribution is 2.32. The van der Waals surface area contributed by atoms with Crippen LogP contribution in [0.25, 0.3) is 16.6 Å². The summed E-state index contributed by atoms with van der Waals surface area (Å²) in [5.41, 5.74) is 0.656. The number of methoxy groups -OCH3 is 1. The van der Waals surface area contributed by atoms with Crippen molar-refractivity contribution in [2.24, 2.45) is 0 Å². The Morgan fingerprint density at radius 1 is 1.31 bits per heavy atom. The molecule has 0 saturated carbocycles. The molecule has 12 heteroatoms. The third-order valence-electron chi connectivity index (χ3n) is 5.33. The SMILES string of the molecule is COC(=O)NC1(C)C=CC(c2nc(N3CCOCC3)nc3c2cnn3CC(F)(F)F)=CC1. The predicted molar refractivity (Wildman–Crippen MR) is 110 cm³/mol. The average Bonchev–Trinajstić information content (AvgIpc) is 3.15. The largest absolute Gasteiger partial charge is 0.453 e. The molecule has 0 bridgehead atoms. The number of carbonyl (C=O) groups excluding carboxylic acids is 1. The number of morpholine rings is 1. The normalized spacial score (nSPS) is 21.5. The van der Waals surface area contributed by atoms with Crippen molar-refractivity contribution in [2.45, 2.75) is 31.6 Å². The molecule has 0 aromatic carbocycles. The summed E-state index contributed by atoms with van der Waals surface area (Å²) in [5.74, 6) is 0.329. The molecule has 2 aromatic rings. The minimum atomic E-state index is -4.44. The number of carbonyl (C=O) groups is 1. The molecule has 172 valence electrons. The van der Waals surface area contributed by atoms with E-state index in [9.17, 15) is 18.0 Å². The molecule has 1 aliphatic carbocycles. The number of fused-ring (bicyclic) bond motifs is 1. The van der Waals surface area contributed by atoms with E-state index in [2.05, 4.69) is 25.1 Å². The van der Waals surface area contributed by atoms with Gasteiger partial charge < -0.3 is 19.7 Å². The summed E-state index contributed by atoms with van der Waals surface area (Å²) in [4.78, 5) is 22.6. The van der Waals surface area contributed by atoms with Crippen molar-refractivity contribution in [3.63, 3.8) is 0 Å². The molecule has 1 saturated heterocycles. The Morgan fingerprint density at radius 3 is 2.69 bits per heavy atom. The maximum Gasteiger partial charge on any atom is 0.408 e. The van der Waals surface area contributed by atoms with Crippen LogP contribution in [0.2, 0.25) is 0 Å². The minimum absolute atomic E-state index is 0.115. The van der Waals surface area contributed by atoms with E-state index in [0.717, 1.165) is 4.68 Å². The summed E-state index contributed by atoms with van der Waals surface area (Å²) in [7, 11) is 1.29. The molecule has 9 nitrogen and oxygen atoms in total. The number of amides is 1. The molecule has 1 amide bonds. The van der Waals surface area contributed by atoms with Crippen LogP contribution in [0, 0.1) is 0 Å². The highest BCUT2D eigenvalue weighted by atomic mass is 19.4. The number of aromatic nitrogens is 4. The Labute approximate surface area is 181 Å². The molecule has 3 heterocycles. The van der Waals surface area contributed by atoms with E-state index < -0.39 is 24.4 Å². The zero-order valence-electron chi connectivity index (χ0n) is 17.6. The highest BCUT2D eigenvalue weighted by Gasteiger charge is 2.31. The lowest BCUT2D eigenvalue weighted by Crippen LogP contribution is -2.44. The maximum atomic E-state index is 13.1. The molecule has 1 atom stereocenters. The summed E-state index contributed by atoms with van der Waals surface area (Å²) in [6.45, 7) is 2.63. The lowest BCUT2D eigenvalue weighted by Gasteiger charge is -2.29. The van der Waals surface area contributed by atoms with E-state index in [1.165, 1.54) is 13.3 Å². The first-order valence-corrected chi connectivity index (χ1v) is 10.1. The zero-order chi connectivity index (χ0) is 22.9. The topological polar surface area (TPSA) is 94.4 Å². The van der Waals surface area contributed by atoms with E-state index in [1.54, 1.807) is 6.08 Å². The van der Waals surface area contributed by atoms with Crippen LogP contribution in [0.1, 0.15) is 19.0 Å². The van der Waals surface area contributed by atoms with E-state index in [-0.39, 0.29) is 5.65 Å². The number of hydrogen-bond acceptors (Lipinski definition) is 7. The summed E-state index contributed by atoms with van der Waals surface area (Å²) >= 11 is 0. The van der Waals surface area contributed by atoms with Crippen LogP contribution in [0.4, 0.5) is 23.9 Å². The van der Waals surface area contributed by atoms with Crippen LogP contribution in [0.3, 0.4) is 0 Å². The van der Waals surface area contributed by atoms with Crippen LogP contribution in [-0.2, 0) is 16.0 Å². The molecular formula is C20H23F3N6O3. The number of nitrogens with zero attached hydrogens (tertiary/aromatic N) is 5. The monoisotopic (exact) mass is 452 g/mol. The fourth-order valence-electron chi connectivity index (χ4n) is 3.64. The Kier molecular flexibility index (Phi) is 5.80. The fraction of sp³-hybridized carbons (Fsp3) is 0.500. The fourth-order valence-corrected chi connectivity index (χ4v) is 3.64. The number of ether oxygens (including phenoxy) is 2. The first-order chi connectivity index (χ1) is 15.2. The molecular weight excluding hydrogens is 429 g/mol. The van der Waals surface area contributed by atoms with Crippen molar-refractivity contribution in [3.8, 4) is 0 Å². The first kappa shape index (κ1) is 22.1. The van der Waals surface area contributed by atoms with Crippen molar-refractivity contribution >= 4 is 28.6 Å². The van der Waals surface area contributed by atoms with Gasteiger partial charge in [-0.25, -0.2) is 14.5 Å². The minimum Gasteiger partial charge on any atom is -0.453 e. The van der Waals surface area contributed by atoms with Crippen LogP contribution in [0.15, 0.2) is 24.4 Å². The lowest BCUT2D eigenvalue weighted by atomic mass is 9.89. The molecule has 1 N–H and O–H groups in total. The van der Waals surface area contributed by atoms with Gasteiger partial charge in [-0.2, -0.15) is 23.3 Å². The molecule has 1 fully saturated rings. The van der Waals surface area contributed by atoms with Crippen molar-refractivity contribution in [1.82, 2.24) is 25.1 Å². The quantitative estimate of drug-likeness (QED) is 0.762. The van der Waals surface area contributed by atoms with Gasteiger partial charge in [-0.1, -0.05) is 18.2 Å². The van der Waals surface area contributed by atoms with Crippen LogP contribution in [-0.4, -0.2) is 71.0 Å². The number of halogens is 3. The van der Waals surface area contributed by atoms with Crippen LogP contribution >= 0.6 is 0 Å². The van der Waals surface area contributed by atoms with E-state index in [0.29, 0.717) is 55.3 Å². The van der Waals surface area contributed by atoms with Gasteiger partial charge in [0, 0.05) is 13.1 Å². The second-order valence-corrected chi connectivity index (χ2v) is 7.86.